The molecule has 1 fully saturated rings. The lowest BCUT2D eigenvalue weighted by Crippen LogP contribution is -2.44. The summed E-state index contributed by atoms with van der Waals surface area (Å²) in [5.74, 6) is 1.13. The molecule has 0 radical (unpaired) electrons. The second kappa shape index (κ2) is 12.2. The number of benzene rings is 1. The van der Waals surface area contributed by atoms with Gasteiger partial charge in [-0.1, -0.05) is 30.3 Å². The zero-order chi connectivity index (χ0) is 18.9. The first-order valence-electron chi connectivity index (χ1n) is 9.44. The van der Waals surface area contributed by atoms with Crippen LogP contribution in [0.4, 0.5) is 0 Å². The average molecular weight is 487 g/mol. The Morgan fingerprint density at radius 1 is 1.19 bits per heavy atom. The predicted octanol–water partition coefficient (Wildman–Crippen LogP) is 2.25. The van der Waals surface area contributed by atoms with E-state index in [2.05, 4.69) is 27.3 Å². The Morgan fingerprint density at radius 2 is 1.89 bits per heavy atom. The molecule has 1 aliphatic rings. The van der Waals surface area contributed by atoms with Crippen molar-refractivity contribution in [2.24, 2.45) is 4.99 Å². The molecular formula is C20H34IN5O. The summed E-state index contributed by atoms with van der Waals surface area (Å²) < 4.78 is 0. The highest BCUT2D eigenvalue weighted by atomic mass is 127. The number of nitrogens with zero attached hydrogens (tertiary/aromatic N) is 4. The first-order chi connectivity index (χ1) is 12.5. The molecule has 1 N–H and O–H groups in total. The highest BCUT2D eigenvalue weighted by Gasteiger charge is 2.30. The molecule has 0 bridgehead atoms. The Balaban J connectivity index is 0.00000364. The first kappa shape index (κ1) is 23.7. The zero-order valence-electron chi connectivity index (χ0n) is 17.0. The molecule has 1 aromatic carbocycles. The standard InChI is InChI=1S/C20H33N5O.HI/c1-23(2)19(26)18-12-8-14-25(18)15-9-13-21-20(24(3)4)22-16-17-10-6-5-7-11-17;/h5-7,10-11,18H,8-9,12-16H2,1-4H3,(H,21,22);1H. The molecule has 0 aliphatic carbocycles. The van der Waals surface area contributed by atoms with E-state index in [4.69, 9.17) is 0 Å². The fourth-order valence-corrected chi connectivity index (χ4v) is 3.26. The van der Waals surface area contributed by atoms with Gasteiger partial charge in [-0.25, -0.2) is 4.99 Å². The fraction of sp³-hybridized carbons (Fsp3) is 0.600. The molecule has 6 nitrogen and oxygen atoms in total. The SMILES string of the molecule is CN(C)C(=O)C1CCCN1CCCNC(=NCc1ccccc1)N(C)C.I. The molecule has 1 heterocycles. The lowest BCUT2D eigenvalue weighted by Gasteiger charge is -2.26. The molecule has 1 amide bonds. The summed E-state index contributed by atoms with van der Waals surface area (Å²) in [5.41, 5.74) is 1.20. The minimum Gasteiger partial charge on any atom is -0.356 e. The maximum Gasteiger partial charge on any atom is 0.239 e. The van der Waals surface area contributed by atoms with Crippen molar-refractivity contribution >= 4 is 35.8 Å². The molecule has 0 aromatic heterocycles. The Bertz CT molecular complexity index is 591. The Labute approximate surface area is 181 Å². The van der Waals surface area contributed by atoms with E-state index in [-0.39, 0.29) is 35.9 Å². The molecule has 1 aromatic rings. The molecule has 1 atom stereocenters. The summed E-state index contributed by atoms with van der Waals surface area (Å²) in [5, 5.41) is 3.43. The lowest BCUT2D eigenvalue weighted by molar-refractivity contribution is -0.133. The Morgan fingerprint density at radius 3 is 2.52 bits per heavy atom. The van der Waals surface area contributed by atoms with Crippen molar-refractivity contribution in [3.05, 3.63) is 35.9 Å². The van der Waals surface area contributed by atoms with Gasteiger partial charge in [0.1, 0.15) is 0 Å². The van der Waals surface area contributed by atoms with Crippen LogP contribution >= 0.6 is 24.0 Å². The summed E-state index contributed by atoms with van der Waals surface area (Å²) in [6.07, 6.45) is 3.08. The third-order valence-electron chi connectivity index (χ3n) is 4.67. The van der Waals surface area contributed by atoms with E-state index < -0.39 is 0 Å². The van der Waals surface area contributed by atoms with Crippen LogP contribution in [0.3, 0.4) is 0 Å². The smallest absolute Gasteiger partial charge is 0.239 e. The number of aliphatic imine (C=N–C) groups is 1. The third-order valence-corrected chi connectivity index (χ3v) is 4.67. The lowest BCUT2D eigenvalue weighted by atomic mass is 10.2. The van der Waals surface area contributed by atoms with E-state index in [9.17, 15) is 4.79 Å². The molecule has 152 valence electrons. The summed E-state index contributed by atoms with van der Waals surface area (Å²) >= 11 is 0. The monoisotopic (exact) mass is 487 g/mol. The summed E-state index contributed by atoms with van der Waals surface area (Å²) in [6, 6.07) is 10.3. The number of hydrogen-bond donors (Lipinski definition) is 1. The van der Waals surface area contributed by atoms with E-state index in [0.717, 1.165) is 44.9 Å². The zero-order valence-corrected chi connectivity index (χ0v) is 19.3. The van der Waals surface area contributed by atoms with Crippen molar-refractivity contribution in [2.45, 2.75) is 31.8 Å². The molecule has 0 saturated carbocycles. The number of likely N-dealkylation sites (tertiary alicyclic amines) is 1. The van der Waals surface area contributed by atoms with E-state index in [0.29, 0.717) is 6.54 Å². The van der Waals surface area contributed by atoms with Crippen molar-refractivity contribution in [2.75, 3.05) is 47.8 Å². The number of likely N-dealkylation sites (N-methyl/N-ethyl adjacent to an activating group) is 1. The number of hydrogen-bond acceptors (Lipinski definition) is 3. The van der Waals surface area contributed by atoms with Crippen molar-refractivity contribution in [1.82, 2.24) is 20.0 Å². The topological polar surface area (TPSA) is 51.2 Å². The largest absolute Gasteiger partial charge is 0.356 e. The minimum absolute atomic E-state index is 0. The van der Waals surface area contributed by atoms with E-state index in [1.54, 1.807) is 4.90 Å². The first-order valence-corrected chi connectivity index (χ1v) is 9.44. The number of carbonyl (C=O) groups excluding carboxylic acids is 1. The number of amides is 1. The van der Waals surface area contributed by atoms with Crippen LogP contribution in [0.15, 0.2) is 35.3 Å². The number of halogens is 1. The van der Waals surface area contributed by atoms with Crippen LogP contribution in [0, 0.1) is 0 Å². The van der Waals surface area contributed by atoms with Gasteiger partial charge in [0.2, 0.25) is 5.91 Å². The summed E-state index contributed by atoms with van der Waals surface area (Å²) in [6.45, 7) is 3.49. The van der Waals surface area contributed by atoms with Crippen LogP contribution in [0.1, 0.15) is 24.8 Å². The molecule has 1 unspecified atom stereocenters. The molecule has 2 rings (SSSR count). The van der Waals surface area contributed by atoms with Gasteiger partial charge in [0.05, 0.1) is 12.6 Å². The Kier molecular flexibility index (Phi) is 10.7. The second-order valence-electron chi connectivity index (χ2n) is 7.23. The number of nitrogens with one attached hydrogen (secondary N) is 1. The van der Waals surface area contributed by atoms with Crippen LogP contribution < -0.4 is 5.32 Å². The minimum atomic E-state index is 0. The summed E-state index contributed by atoms with van der Waals surface area (Å²) in [4.78, 5) is 23.0. The maximum absolute atomic E-state index is 12.2. The Hall–Kier alpha value is -1.35. The van der Waals surface area contributed by atoms with Crippen LogP contribution in [0.2, 0.25) is 0 Å². The van der Waals surface area contributed by atoms with E-state index in [1.165, 1.54) is 5.56 Å². The molecule has 27 heavy (non-hydrogen) atoms. The van der Waals surface area contributed by atoms with Gasteiger partial charge < -0.3 is 15.1 Å². The van der Waals surface area contributed by atoms with Gasteiger partial charge in [0.25, 0.3) is 0 Å². The van der Waals surface area contributed by atoms with Crippen molar-refractivity contribution in [3.63, 3.8) is 0 Å². The van der Waals surface area contributed by atoms with E-state index >= 15 is 0 Å². The second-order valence-corrected chi connectivity index (χ2v) is 7.23. The molecular weight excluding hydrogens is 453 g/mol. The number of guanidine groups is 1. The van der Waals surface area contributed by atoms with Crippen LogP contribution in [0.25, 0.3) is 0 Å². The molecule has 7 heteroatoms. The highest BCUT2D eigenvalue weighted by molar-refractivity contribution is 14.0. The van der Waals surface area contributed by atoms with Crippen molar-refractivity contribution in [3.8, 4) is 0 Å². The van der Waals surface area contributed by atoms with Crippen LogP contribution in [0.5, 0.6) is 0 Å². The van der Waals surface area contributed by atoms with Crippen LogP contribution in [-0.2, 0) is 11.3 Å². The quantitative estimate of drug-likeness (QED) is 0.278. The third kappa shape index (κ3) is 7.65. The molecule has 1 aliphatic heterocycles. The maximum atomic E-state index is 12.2. The molecule has 0 spiro atoms. The van der Waals surface area contributed by atoms with Gasteiger partial charge in [0, 0.05) is 41.3 Å². The van der Waals surface area contributed by atoms with Crippen molar-refractivity contribution < 1.29 is 4.79 Å². The molecule has 1 saturated heterocycles. The van der Waals surface area contributed by atoms with Gasteiger partial charge in [-0.05, 0) is 31.4 Å². The van der Waals surface area contributed by atoms with Crippen LogP contribution in [-0.4, -0.2) is 80.4 Å². The van der Waals surface area contributed by atoms with Gasteiger partial charge in [-0.15, -0.1) is 24.0 Å². The van der Waals surface area contributed by atoms with Gasteiger partial charge in [0.15, 0.2) is 5.96 Å². The van der Waals surface area contributed by atoms with Gasteiger partial charge >= 0.3 is 0 Å². The van der Waals surface area contributed by atoms with Crippen molar-refractivity contribution in [1.29, 1.82) is 0 Å². The predicted molar refractivity (Wildman–Crippen MR) is 123 cm³/mol. The number of carbonyl (C=O) groups is 1. The van der Waals surface area contributed by atoms with Gasteiger partial charge in [-0.3, -0.25) is 9.69 Å². The highest BCUT2D eigenvalue weighted by Crippen LogP contribution is 2.18. The fourth-order valence-electron chi connectivity index (χ4n) is 3.26. The van der Waals surface area contributed by atoms with Gasteiger partial charge in [-0.2, -0.15) is 0 Å². The normalized spacial score (nSPS) is 17.3. The average Bonchev–Trinajstić information content (AvgIpc) is 3.09. The summed E-state index contributed by atoms with van der Waals surface area (Å²) in [7, 11) is 7.69. The van der Waals surface area contributed by atoms with E-state index in [1.807, 2.05) is 51.3 Å². The number of rotatable bonds is 7.